The third-order valence-corrected chi connectivity index (χ3v) is 4.52. The number of nitrogens with one attached hydrogen (secondary N) is 1. The van der Waals surface area contributed by atoms with E-state index in [1.807, 2.05) is 13.8 Å². The SMILES string of the molecule is CC(C)C(CO)NS(=O)(=O)c1cc(N)ccc1Cl. The van der Waals surface area contributed by atoms with Gasteiger partial charge >= 0.3 is 0 Å². The van der Waals surface area contributed by atoms with Gasteiger partial charge in [0.2, 0.25) is 10.0 Å². The van der Waals surface area contributed by atoms with Crippen molar-refractivity contribution in [2.45, 2.75) is 24.8 Å². The van der Waals surface area contributed by atoms with Crippen LogP contribution in [0.25, 0.3) is 0 Å². The van der Waals surface area contributed by atoms with Crippen molar-refractivity contribution < 1.29 is 13.5 Å². The summed E-state index contributed by atoms with van der Waals surface area (Å²) in [5.74, 6) is -0.0374. The van der Waals surface area contributed by atoms with E-state index in [-0.39, 0.29) is 22.4 Å². The van der Waals surface area contributed by atoms with Crippen LogP contribution in [0.3, 0.4) is 0 Å². The lowest BCUT2D eigenvalue weighted by atomic mass is 10.1. The lowest BCUT2D eigenvalue weighted by Gasteiger charge is -2.20. The number of rotatable bonds is 5. The smallest absolute Gasteiger partial charge is 0.242 e. The molecule has 0 aliphatic rings. The van der Waals surface area contributed by atoms with E-state index in [2.05, 4.69) is 4.72 Å². The minimum absolute atomic E-state index is 0.0374. The van der Waals surface area contributed by atoms with E-state index in [9.17, 15) is 8.42 Å². The zero-order valence-corrected chi connectivity index (χ0v) is 11.8. The number of aliphatic hydroxyl groups is 1. The lowest BCUT2D eigenvalue weighted by Crippen LogP contribution is -2.41. The molecule has 0 aliphatic heterocycles. The van der Waals surface area contributed by atoms with Gasteiger partial charge < -0.3 is 10.8 Å². The Labute approximate surface area is 112 Å². The molecule has 1 aromatic carbocycles. The van der Waals surface area contributed by atoms with Crippen molar-refractivity contribution in [1.82, 2.24) is 4.72 Å². The zero-order valence-electron chi connectivity index (χ0n) is 10.2. The Morgan fingerprint density at radius 2 is 2.06 bits per heavy atom. The normalized spacial score (nSPS) is 13.8. The molecule has 0 fully saturated rings. The third-order valence-electron chi connectivity index (χ3n) is 2.55. The fourth-order valence-electron chi connectivity index (χ4n) is 1.37. The molecule has 1 rings (SSSR count). The molecule has 0 heterocycles. The second-order valence-corrected chi connectivity index (χ2v) is 6.43. The molecule has 1 aromatic rings. The Morgan fingerprint density at radius 3 is 2.56 bits per heavy atom. The van der Waals surface area contributed by atoms with Gasteiger partial charge in [-0.2, -0.15) is 0 Å². The third kappa shape index (κ3) is 3.58. The van der Waals surface area contributed by atoms with Crippen LogP contribution in [0.4, 0.5) is 5.69 Å². The van der Waals surface area contributed by atoms with Crippen molar-refractivity contribution in [3.8, 4) is 0 Å². The average molecular weight is 293 g/mol. The summed E-state index contributed by atoms with van der Waals surface area (Å²) < 4.78 is 26.6. The molecular weight excluding hydrogens is 276 g/mol. The highest BCUT2D eigenvalue weighted by Crippen LogP contribution is 2.24. The van der Waals surface area contributed by atoms with Crippen LogP contribution in [0, 0.1) is 5.92 Å². The second kappa shape index (κ2) is 5.88. The van der Waals surface area contributed by atoms with Gasteiger partial charge in [0.25, 0.3) is 0 Å². The Morgan fingerprint density at radius 1 is 1.44 bits per heavy atom. The van der Waals surface area contributed by atoms with Gasteiger partial charge in [-0.25, -0.2) is 13.1 Å². The van der Waals surface area contributed by atoms with E-state index in [1.165, 1.54) is 18.2 Å². The van der Waals surface area contributed by atoms with Crippen molar-refractivity contribution in [2.75, 3.05) is 12.3 Å². The van der Waals surface area contributed by atoms with Gasteiger partial charge in [-0.15, -0.1) is 0 Å². The van der Waals surface area contributed by atoms with Crippen LogP contribution in [-0.2, 0) is 10.0 Å². The number of nitrogens with two attached hydrogens (primary N) is 1. The van der Waals surface area contributed by atoms with Crippen LogP contribution >= 0.6 is 11.6 Å². The standard InChI is InChI=1S/C11H17ClN2O3S/c1-7(2)10(6-15)14-18(16,17)11-5-8(13)3-4-9(11)12/h3-5,7,10,14-15H,6,13H2,1-2H3. The summed E-state index contributed by atoms with van der Waals surface area (Å²) in [7, 11) is -3.79. The fraction of sp³-hybridized carbons (Fsp3) is 0.455. The van der Waals surface area contributed by atoms with E-state index >= 15 is 0 Å². The van der Waals surface area contributed by atoms with Gasteiger partial charge in [-0.05, 0) is 24.1 Å². The van der Waals surface area contributed by atoms with E-state index in [0.29, 0.717) is 5.69 Å². The number of sulfonamides is 1. The summed E-state index contributed by atoms with van der Waals surface area (Å²) in [6.45, 7) is 3.34. The molecule has 18 heavy (non-hydrogen) atoms. The first-order chi connectivity index (χ1) is 8.27. The van der Waals surface area contributed by atoms with Crippen molar-refractivity contribution >= 4 is 27.3 Å². The average Bonchev–Trinajstić information content (AvgIpc) is 2.28. The molecule has 0 saturated carbocycles. The Balaban J connectivity index is 3.10. The molecule has 0 spiro atoms. The highest BCUT2D eigenvalue weighted by Gasteiger charge is 2.24. The monoisotopic (exact) mass is 292 g/mol. The van der Waals surface area contributed by atoms with Crippen molar-refractivity contribution in [2.24, 2.45) is 5.92 Å². The number of aliphatic hydroxyl groups excluding tert-OH is 1. The van der Waals surface area contributed by atoms with Crippen molar-refractivity contribution in [3.05, 3.63) is 23.2 Å². The minimum atomic E-state index is -3.79. The maximum atomic E-state index is 12.1. The zero-order chi connectivity index (χ0) is 13.9. The summed E-state index contributed by atoms with van der Waals surface area (Å²) in [6.07, 6.45) is 0. The van der Waals surface area contributed by atoms with Crippen molar-refractivity contribution in [3.63, 3.8) is 0 Å². The summed E-state index contributed by atoms with van der Waals surface area (Å²) in [5.41, 5.74) is 5.86. The molecule has 4 N–H and O–H groups in total. The summed E-state index contributed by atoms with van der Waals surface area (Å²) >= 11 is 5.85. The Bertz CT molecular complexity index is 517. The maximum Gasteiger partial charge on any atom is 0.242 e. The van der Waals surface area contributed by atoms with Crippen LogP contribution < -0.4 is 10.5 Å². The molecular formula is C11H17ClN2O3S. The fourth-order valence-corrected chi connectivity index (χ4v) is 3.28. The minimum Gasteiger partial charge on any atom is -0.399 e. The molecule has 102 valence electrons. The van der Waals surface area contributed by atoms with Crippen LogP contribution in [0.2, 0.25) is 5.02 Å². The number of halogens is 1. The first-order valence-electron chi connectivity index (χ1n) is 5.46. The van der Waals surface area contributed by atoms with Crippen LogP contribution in [-0.4, -0.2) is 26.2 Å². The largest absolute Gasteiger partial charge is 0.399 e. The van der Waals surface area contributed by atoms with Crippen LogP contribution in [0.15, 0.2) is 23.1 Å². The molecule has 0 aliphatic carbocycles. The second-order valence-electron chi connectivity index (χ2n) is 4.34. The molecule has 7 heteroatoms. The molecule has 5 nitrogen and oxygen atoms in total. The predicted octanol–water partition coefficient (Wildman–Crippen LogP) is 1.22. The first-order valence-corrected chi connectivity index (χ1v) is 7.32. The molecule has 0 saturated heterocycles. The van der Waals surface area contributed by atoms with E-state index in [4.69, 9.17) is 22.4 Å². The topological polar surface area (TPSA) is 92.4 Å². The van der Waals surface area contributed by atoms with Gasteiger partial charge in [0.05, 0.1) is 11.6 Å². The molecule has 1 unspecified atom stereocenters. The van der Waals surface area contributed by atoms with Gasteiger partial charge in [-0.1, -0.05) is 25.4 Å². The number of nitrogen functional groups attached to an aromatic ring is 1. The quantitative estimate of drug-likeness (QED) is 0.712. The maximum absolute atomic E-state index is 12.1. The number of benzene rings is 1. The van der Waals surface area contributed by atoms with Crippen LogP contribution in [0.5, 0.6) is 0 Å². The van der Waals surface area contributed by atoms with E-state index < -0.39 is 16.1 Å². The Hall–Kier alpha value is -0.820. The summed E-state index contributed by atoms with van der Waals surface area (Å²) in [5, 5.41) is 9.24. The number of hydrogen-bond donors (Lipinski definition) is 3. The highest BCUT2D eigenvalue weighted by atomic mass is 35.5. The summed E-state index contributed by atoms with van der Waals surface area (Å²) in [6, 6.07) is 3.68. The van der Waals surface area contributed by atoms with Gasteiger partial charge in [0.1, 0.15) is 4.90 Å². The Kier molecular flexibility index (Phi) is 4.98. The molecule has 1 atom stereocenters. The number of hydrogen-bond acceptors (Lipinski definition) is 4. The van der Waals surface area contributed by atoms with Gasteiger partial charge in [0, 0.05) is 11.7 Å². The predicted molar refractivity (Wildman–Crippen MR) is 71.9 cm³/mol. The number of anilines is 1. The molecule has 0 aromatic heterocycles. The highest BCUT2D eigenvalue weighted by molar-refractivity contribution is 7.89. The molecule has 0 bridgehead atoms. The van der Waals surface area contributed by atoms with Gasteiger partial charge in [0.15, 0.2) is 0 Å². The molecule has 0 radical (unpaired) electrons. The van der Waals surface area contributed by atoms with Crippen LogP contribution in [0.1, 0.15) is 13.8 Å². The first kappa shape index (κ1) is 15.2. The van der Waals surface area contributed by atoms with E-state index in [0.717, 1.165) is 0 Å². The van der Waals surface area contributed by atoms with Crippen molar-refractivity contribution in [1.29, 1.82) is 0 Å². The van der Waals surface area contributed by atoms with Gasteiger partial charge in [-0.3, -0.25) is 0 Å². The molecule has 0 amide bonds. The van der Waals surface area contributed by atoms with E-state index in [1.54, 1.807) is 0 Å². The summed E-state index contributed by atoms with van der Waals surface area (Å²) in [4.78, 5) is -0.0803. The lowest BCUT2D eigenvalue weighted by molar-refractivity contribution is 0.227.